The van der Waals surface area contributed by atoms with Crippen molar-refractivity contribution in [2.45, 2.75) is 4.90 Å². The van der Waals surface area contributed by atoms with Crippen molar-refractivity contribution in [3.05, 3.63) is 60.2 Å². The molecule has 0 fully saturated rings. The minimum absolute atomic E-state index is 0.128. The molecule has 0 aliphatic heterocycles. The number of sulfonamides is 1. The van der Waals surface area contributed by atoms with Gasteiger partial charge in [-0.3, -0.25) is 4.31 Å². The van der Waals surface area contributed by atoms with Gasteiger partial charge in [-0.25, -0.2) is 17.2 Å². The summed E-state index contributed by atoms with van der Waals surface area (Å²) in [6.45, 7) is 0. The zero-order valence-electron chi connectivity index (χ0n) is 10.0. The third-order valence-electron chi connectivity index (χ3n) is 2.65. The monoisotopic (exact) mass is 283 g/mol. The average Bonchev–Trinajstić information content (AvgIpc) is 2.38. The number of rotatable bonds is 3. The topological polar surface area (TPSA) is 37.4 Å². The first-order valence-corrected chi connectivity index (χ1v) is 6.86. The van der Waals surface area contributed by atoms with E-state index in [4.69, 9.17) is 0 Å². The van der Waals surface area contributed by atoms with E-state index >= 15 is 0 Å². The first kappa shape index (κ1) is 13.5. The first-order valence-electron chi connectivity index (χ1n) is 5.42. The smallest absolute Gasteiger partial charge is 0.266 e. The highest BCUT2D eigenvalue weighted by Crippen LogP contribution is 2.24. The fraction of sp³-hybridized carbons (Fsp3) is 0.0769. The molecule has 100 valence electrons. The van der Waals surface area contributed by atoms with Crippen molar-refractivity contribution in [3.63, 3.8) is 0 Å². The molecule has 0 aliphatic rings. The fourth-order valence-electron chi connectivity index (χ4n) is 1.61. The lowest BCUT2D eigenvalue weighted by molar-refractivity contribution is 0.565. The normalized spacial score (nSPS) is 11.3. The Kier molecular flexibility index (Phi) is 3.53. The van der Waals surface area contributed by atoms with Gasteiger partial charge in [0, 0.05) is 7.05 Å². The molecule has 0 radical (unpaired) electrons. The van der Waals surface area contributed by atoms with Crippen LogP contribution in [0.4, 0.5) is 14.5 Å². The summed E-state index contributed by atoms with van der Waals surface area (Å²) in [7, 11) is -2.80. The molecule has 0 saturated carbocycles. The second-order valence-corrected chi connectivity index (χ2v) is 5.82. The van der Waals surface area contributed by atoms with Crippen molar-refractivity contribution in [2.24, 2.45) is 0 Å². The van der Waals surface area contributed by atoms with Crippen LogP contribution in [0.15, 0.2) is 53.4 Å². The van der Waals surface area contributed by atoms with E-state index in [0.29, 0.717) is 0 Å². The molecule has 0 aromatic heterocycles. The molecule has 0 N–H and O–H groups in total. The number of hydrogen-bond donors (Lipinski definition) is 0. The molecule has 0 aliphatic carbocycles. The quantitative estimate of drug-likeness (QED) is 0.868. The van der Waals surface area contributed by atoms with Gasteiger partial charge in [0.1, 0.15) is 16.5 Å². The van der Waals surface area contributed by atoms with Gasteiger partial charge >= 0.3 is 0 Å². The lowest BCUT2D eigenvalue weighted by Crippen LogP contribution is -2.27. The van der Waals surface area contributed by atoms with E-state index in [2.05, 4.69) is 0 Å². The van der Waals surface area contributed by atoms with Crippen molar-refractivity contribution >= 4 is 15.7 Å². The van der Waals surface area contributed by atoms with Gasteiger partial charge in [0.05, 0.1) is 5.69 Å². The zero-order valence-corrected chi connectivity index (χ0v) is 10.9. The third kappa shape index (κ3) is 2.58. The molecular weight excluding hydrogens is 272 g/mol. The Hall–Kier alpha value is -1.95. The van der Waals surface area contributed by atoms with Crippen LogP contribution < -0.4 is 4.31 Å². The molecule has 0 unspecified atom stereocenters. The van der Waals surface area contributed by atoms with Crippen molar-refractivity contribution < 1.29 is 17.2 Å². The van der Waals surface area contributed by atoms with E-state index < -0.39 is 26.6 Å². The largest absolute Gasteiger partial charge is 0.269 e. The van der Waals surface area contributed by atoms with Crippen LogP contribution in [0.3, 0.4) is 0 Å². The summed E-state index contributed by atoms with van der Waals surface area (Å²) >= 11 is 0. The van der Waals surface area contributed by atoms with E-state index in [1.54, 1.807) is 0 Å². The van der Waals surface area contributed by atoms with Gasteiger partial charge in [-0.15, -0.1) is 0 Å². The van der Waals surface area contributed by atoms with E-state index in [1.165, 1.54) is 43.4 Å². The molecule has 0 spiro atoms. The number of hydrogen-bond acceptors (Lipinski definition) is 2. The minimum Gasteiger partial charge on any atom is -0.269 e. The highest BCUT2D eigenvalue weighted by Gasteiger charge is 2.24. The van der Waals surface area contributed by atoms with Crippen LogP contribution in [0.5, 0.6) is 0 Å². The zero-order chi connectivity index (χ0) is 14.0. The highest BCUT2D eigenvalue weighted by atomic mass is 32.2. The number of nitrogens with zero attached hydrogens (tertiary/aromatic N) is 1. The predicted molar refractivity (Wildman–Crippen MR) is 68.4 cm³/mol. The number of anilines is 1. The highest BCUT2D eigenvalue weighted by molar-refractivity contribution is 7.92. The van der Waals surface area contributed by atoms with Gasteiger partial charge in [-0.2, -0.15) is 0 Å². The lowest BCUT2D eigenvalue weighted by atomic mass is 10.3. The third-order valence-corrected chi connectivity index (χ3v) is 4.47. The van der Waals surface area contributed by atoms with Gasteiger partial charge < -0.3 is 0 Å². The second-order valence-electron chi connectivity index (χ2n) is 3.88. The molecule has 2 aromatic carbocycles. The number of benzene rings is 2. The Morgan fingerprint density at radius 3 is 2.32 bits per heavy atom. The molecule has 0 saturated heterocycles. The van der Waals surface area contributed by atoms with Crippen LogP contribution in [0.25, 0.3) is 0 Å². The Balaban J connectivity index is 2.49. The first-order chi connectivity index (χ1) is 8.93. The molecule has 6 heteroatoms. The minimum atomic E-state index is -4.05. The Labute approximate surface area is 110 Å². The summed E-state index contributed by atoms with van der Waals surface area (Å²) in [5, 5.41) is 0. The average molecular weight is 283 g/mol. The van der Waals surface area contributed by atoms with Gasteiger partial charge in [-0.1, -0.05) is 18.2 Å². The van der Waals surface area contributed by atoms with E-state index in [1.807, 2.05) is 0 Å². The maximum atomic E-state index is 13.6. The molecule has 19 heavy (non-hydrogen) atoms. The van der Waals surface area contributed by atoms with Gasteiger partial charge in [-0.05, 0) is 30.3 Å². The maximum Gasteiger partial charge on any atom is 0.266 e. The van der Waals surface area contributed by atoms with Crippen LogP contribution in [0.2, 0.25) is 0 Å². The van der Waals surface area contributed by atoms with Crippen molar-refractivity contribution in [3.8, 4) is 0 Å². The molecular formula is C13H11F2NO2S. The molecule has 0 bridgehead atoms. The van der Waals surface area contributed by atoms with Crippen LogP contribution in [0.1, 0.15) is 0 Å². The Bertz CT molecular complexity index is 701. The molecule has 0 amide bonds. The molecule has 3 nitrogen and oxygen atoms in total. The van der Waals surface area contributed by atoms with Crippen LogP contribution in [0, 0.1) is 11.6 Å². The van der Waals surface area contributed by atoms with Crippen molar-refractivity contribution in [1.82, 2.24) is 0 Å². The standard InChI is InChI=1S/C13H11F2NO2S/c1-16(11-6-4-5-10(14)9-11)19(17,18)13-8-3-2-7-12(13)15/h2-9H,1H3. The summed E-state index contributed by atoms with van der Waals surface area (Å²) in [6.07, 6.45) is 0. The van der Waals surface area contributed by atoms with Crippen LogP contribution in [-0.2, 0) is 10.0 Å². The predicted octanol–water partition coefficient (Wildman–Crippen LogP) is 2.79. The molecule has 0 heterocycles. The lowest BCUT2D eigenvalue weighted by Gasteiger charge is -2.19. The van der Waals surface area contributed by atoms with Crippen molar-refractivity contribution in [1.29, 1.82) is 0 Å². The van der Waals surface area contributed by atoms with Crippen LogP contribution >= 0.6 is 0 Å². The summed E-state index contributed by atoms with van der Waals surface area (Å²) in [5.74, 6) is -1.40. The fourth-order valence-corrected chi connectivity index (χ4v) is 2.86. The summed E-state index contributed by atoms with van der Waals surface area (Å²) in [5.41, 5.74) is 0.128. The summed E-state index contributed by atoms with van der Waals surface area (Å²) in [4.78, 5) is -0.443. The Morgan fingerprint density at radius 1 is 1.00 bits per heavy atom. The van der Waals surface area contributed by atoms with Gasteiger partial charge in [0.2, 0.25) is 0 Å². The SMILES string of the molecule is CN(c1cccc(F)c1)S(=O)(=O)c1ccccc1F. The second kappa shape index (κ2) is 4.97. The maximum absolute atomic E-state index is 13.6. The van der Waals surface area contributed by atoms with Gasteiger partial charge in [0.15, 0.2) is 0 Å². The van der Waals surface area contributed by atoms with E-state index in [9.17, 15) is 17.2 Å². The molecule has 0 atom stereocenters. The Morgan fingerprint density at radius 2 is 1.68 bits per heavy atom. The molecule has 2 aromatic rings. The summed E-state index contributed by atoms with van der Waals surface area (Å²) < 4.78 is 52.0. The van der Waals surface area contributed by atoms with E-state index in [0.717, 1.165) is 16.4 Å². The summed E-state index contributed by atoms with van der Waals surface area (Å²) in [6, 6.07) is 10.1. The van der Waals surface area contributed by atoms with E-state index in [-0.39, 0.29) is 5.69 Å². The van der Waals surface area contributed by atoms with Gasteiger partial charge in [0.25, 0.3) is 10.0 Å². The molecule has 2 rings (SSSR count). The van der Waals surface area contributed by atoms with Crippen molar-refractivity contribution in [2.75, 3.05) is 11.4 Å². The number of halogens is 2. The van der Waals surface area contributed by atoms with Crippen LogP contribution in [-0.4, -0.2) is 15.5 Å².